The summed E-state index contributed by atoms with van der Waals surface area (Å²) >= 11 is 2.25. The second kappa shape index (κ2) is 8.17. The van der Waals surface area contributed by atoms with Crippen molar-refractivity contribution in [2.45, 2.75) is 0 Å². The molecule has 0 bridgehead atoms. The number of halogens is 1. The highest BCUT2D eigenvalue weighted by Crippen LogP contribution is 2.24. The molecule has 10 heteroatoms. The lowest BCUT2D eigenvalue weighted by Gasteiger charge is -2.09. The van der Waals surface area contributed by atoms with Crippen molar-refractivity contribution in [2.75, 3.05) is 17.9 Å². The third-order valence-electron chi connectivity index (χ3n) is 3.72. The molecule has 0 fully saturated rings. The van der Waals surface area contributed by atoms with Crippen LogP contribution in [0.2, 0.25) is 0 Å². The van der Waals surface area contributed by atoms with E-state index in [0.29, 0.717) is 17.3 Å². The van der Waals surface area contributed by atoms with Gasteiger partial charge in [0.15, 0.2) is 11.6 Å². The van der Waals surface area contributed by atoms with Gasteiger partial charge in [0, 0.05) is 9.26 Å². The van der Waals surface area contributed by atoms with Gasteiger partial charge in [-0.25, -0.2) is 9.61 Å². The van der Waals surface area contributed by atoms with Crippen LogP contribution in [-0.4, -0.2) is 33.6 Å². The number of anilines is 3. The van der Waals surface area contributed by atoms with Gasteiger partial charge >= 0.3 is 0 Å². The number of hydrazone groups is 1. The standard InChI is InChI=1S/C18H14IN7O2/c1-27-14-8-2-11(3-9-14)10-20-24-16-15(21-13-6-4-12(19)5-7-13)22-17-18(23-16)26-28-25-17/h2-10H,1H3,(H,21,22,25)(H,23,24,26)/b20-10-. The molecule has 0 aliphatic heterocycles. The summed E-state index contributed by atoms with van der Waals surface area (Å²) in [5.74, 6) is 1.63. The molecule has 0 amide bonds. The second-order valence-corrected chi connectivity index (χ2v) is 6.85. The summed E-state index contributed by atoms with van der Waals surface area (Å²) in [5, 5.41) is 14.9. The Hall–Kier alpha value is -3.28. The Balaban J connectivity index is 1.58. The molecule has 0 spiro atoms. The Bertz CT molecular complexity index is 1110. The maximum atomic E-state index is 5.15. The van der Waals surface area contributed by atoms with Crippen LogP contribution in [0.1, 0.15) is 5.56 Å². The number of hydrogen-bond donors (Lipinski definition) is 2. The molecule has 0 aliphatic carbocycles. The smallest absolute Gasteiger partial charge is 0.245 e. The van der Waals surface area contributed by atoms with Crippen LogP contribution < -0.4 is 15.5 Å². The highest BCUT2D eigenvalue weighted by molar-refractivity contribution is 14.1. The molecule has 0 radical (unpaired) electrons. The van der Waals surface area contributed by atoms with E-state index in [1.165, 1.54) is 0 Å². The first-order valence-corrected chi connectivity index (χ1v) is 9.25. The molecule has 4 rings (SSSR count). The molecule has 28 heavy (non-hydrogen) atoms. The molecule has 2 heterocycles. The zero-order valence-electron chi connectivity index (χ0n) is 14.6. The predicted octanol–water partition coefficient (Wildman–Crippen LogP) is 3.82. The van der Waals surface area contributed by atoms with Gasteiger partial charge in [0.2, 0.25) is 11.3 Å². The third kappa shape index (κ3) is 4.17. The van der Waals surface area contributed by atoms with Gasteiger partial charge in [-0.05, 0) is 87.0 Å². The van der Waals surface area contributed by atoms with E-state index in [0.717, 1.165) is 20.6 Å². The number of rotatable bonds is 6. The van der Waals surface area contributed by atoms with Gasteiger partial charge in [0.05, 0.1) is 13.3 Å². The van der Waals surface area contributed by atoms with Gasteiger partial charge in [-0.15, -0.1) is 0 Å². The topological polar surface area (TPSA) is 110 Å². The minimum Gasteiger partial charge on any atom is -0.497 e. The zero-order chi connectivity index (χ0) is 19.3. The van der Waals surface area contributed by atoms with E-state index in [2.05, 4.69) is 58.7 Å². The monoisotopic (exact) mass is 487 g/mol. The fourth-order valence-corrected chi connectivity index (χ4v) is 2.69. The van der Waals surface area contributed by atoms with Crippen LogP contribution in [0.4, 0.5) is 17.3 Å². The maximum Gasteiger partial charge on any atom is 0.245 e. The Morgan fingerprint density at radius 2 is 1.64 bits per heavy atom. The van der Waals surface area contributed by atoms with E-state index in [1.807, 2.05) is 48.5 Å². The van der Waals surface area contributed by atoms with Gasteiger partial charge in [-0.3, -0.25) is 5.43 Å². The molecule has 4 aromatic rings. The number of fused-ring (bicyclic) bond motifs is 1. The van der Waals surface area contributed by atoms with Crippen LogP contribution >= 0.6 is 22.6 Å². The largest absolute Gasteiger partial charge is 0.497 e. The summed E-state index contributed by atoms with van der Waals surface area (Å²) in [6.07, 6.45) is 1.67. The van der Waals surface area contributed by atoms with Crippen LogP contribution in [-0.2, 0) is 0 Å². The summed E-state index contributed by atoms with van der Waals surface area (Å²) in [6.45, 7) is 0. The quantitative estimate of drug-likeness (QED) is 0.240. The van der Waals surface area contributed by atoms with Crippen molar-refractivity contribution in [3.8, 4) is 5.75 Å². The first-order chi connectivity index (χ1) is 13.7. The van der Waals surface area contributed by atoms with Crippen LogP contribution in [0.3, 0.4) is 0 Å². The van der Waals surface area contributed by atoms with Gasteiger partial charge in [0.1, 0.15) is 5.75 Å². The average molecular weight is 487 g/mol. The highest BCUT2D eigenvalue weighted by Gasteiger charge is 2.12. The van der Waals surface area contributed by atoms with Gasteiger partial charge < -0.3 is 10.1 Å². The van der Waals surface area contributed by atoms with Gasteiger partial charge in [0.25, 0.3) is 0 Å². The van der Waals surface area contributed by atoms with Gasteiger partial charge in [-0.2, -0.15) is 10.1 Å². The Morgan fingerprint density at radius 3 is 2.32 bits per heavy atom. The number of benzene rings is 2. The van der Waals surface area contributed by atoms with Crippen LogP contribution in [0.25, 0.3) is 11.3 Å². The lowest BCUT2D eigenvalue weighted by Crippen LogP contribution is -2.03. The van der Waals surface area contributed by atoms with Crippen molar-refractivity contribution >= 4 is 57.4 Å². The molecule has 0 aliphatic rings. The van der Waals surface area contributed by atoms with E-state index >= 15 is 0 Å². The Morgan fingerprint density at radius 1 is 0.964 bits per heavy atom. The van der Waals surface area contributed by atoms with Crippen molar-refractivity contribution in [1.82, 2.24) is 20.3 Å². The SMILES string of the molecule is COc1ccc(/C=N\Nc2nc3nonc3nc2Nc2ccc(I)cc2)cc1. The zero-order valence-corrected chi connectivity index (χ0v) is 16.8. The summed E-state index contributed by atoms with van der Waals surface area (Å²) in [7, 11) is 1.63. The number of nitrogens with zero attached hydrogens (tertiary/aromatic N) is 5. The number of nitrogens with one attached hydrogen (secondary N) is 2. The second-order valence-electron chi connectivity index (χ2n) is 5.61. The molecular weight excluding hydrogens is 473 g/mol. The highest BCUT2D eigenvalue weighted by atomic mass is 127. The minimum atomic E-state index is 0.287. The van der Waals surface area contributed by atoms with E-state index in [1.54, 1.807) is 13.3 Å². The van der Waals surface area contributed by atoms with E-state index in [9.17, 15) is 0 Å². The fraction of sp³-hybridized carbons (Fsp3) is 0.0556. The number of ether oxygens (including phenoxy) is 1. The molecule has 9 nitrogen and oxygen atoms in total. The van der Waals surface area contributed by atoms with Crippen LogP contribution in [0, 0.1) is 3.57 Å². The van der Waals surface area contributed by atoms with Crippen molar-refractivity contribution in [1.29, 1.82) is 0 Å². The molecule has 2 aromatic heterocycles. The maximum absolute atomic E-state index is 5.15. The summed E-state index contributed by atoms with van der Waals surface area (Å²) in [4.78, 5) is 8.77. The Labute approximate surface area is 173 Å². The fourth-order valence-electron chi connectivity index (χ4n) is 2.33. The average Bonchev–Trinajstić information content (AvgIpc) is 3.17. The lowest BCUT2D eigenvalue weighted by atomic mass is 10.2. The van der Waals surface area contributed by atoms with Gasteiger partial charge in [-0.1, -0.05) is 0 Å². The first kappa shape index (κ1) is 18.1. The molecule has 0 atom stereocenters. The number of aromatic nitrogens is 4. The van der Waals surface area contributed by atoms with Crippen LogP contribution in [0.15, 0.2) is 58.3 Å². The van der Waals surface area contributed by atoms with Crippen LogP contribution in [0.5, 0.6) is 5.75 Å². The normalized spacial score (nSPS) is 11.1. The number of methoxy groups -OCH3 is 1. The predicted molar refractivity (Wildman–Crippen MR) is 114 cm³/mol. The third-order valence-corrected chi connectivity index (χ3v) is 4.44. The van der Waals surface area contributed by atoms with Crippen molar-refractivity contribution in [3.63, 3.8) is 0 Å². The molecule has 0 unspecified atom stereocenters. The van der Waals surface area contributed by atoms with E-state index in [-0.39, 0.29) is 5.65 Å². The summed E-state index contributed by atoms with van der Waals surface area (Å²) in [6, 6.07) is 15.4. The molecule has 0 saturated heterocycles. The van der Waals surface area contributed by atoms with Crippen molar-refractivity contribution < 1.29 is 9.37 Å². The molecule has 0 saturated carbocycles. The van der Waals surface area contributed by atoms with Crippen molar-refractivity contribution in [2.24, 2.45) is 5.10 Å². The lowest BCUT2D eigenvalue weighted by molar-refractivity contribution is 0.314. The molecular formula is C18H14IN7O2. The molecule has 2 aromatic carbocycles. The van der Waals surface area contributed by atoms with E-state index in [4.69, 9.17) is 9.37 Å². The first-order valence-electron chi connectivity index (χ1n) is 8.17. The molecule has 140 valence electrons. The summed E-state index contributed by atoms with van der Waals surface area (Å²) in [5.41, 5.74) is 5.24. The minimum absolute atomic E-state index is 0.287. The summed E-state index contributed by atoms with van der Waals surface area (Å²) < 4.78 is 11.0. The van der Waals surface area contributed by atoms with Crippen molar-refractivity contribution in [3.05, 3.63) is 57.7 Å². The number of hydrogen-bond acceptors (Lipinski definition) is 9. The molecule has 2 N–H and O–H groups in total. The van der Waals surface area contributed by atoms with E-state index < -0.39 is 0 Å². The Kier molecular flexibility index (Phi) is 5.28.